The maximum Gasteiger partial charge on any atom is 0.163 e. The van der Waals surface area contributed by atoms with Gasteiger partial charge in [0.1, 0.15) is 12.4 Å². The average Bonchev–Trinajstić information content (AvgIpc) is 2.45. The third kappa shape index (κ3) is 2.90. The number of halogens is 1. The number of ketones is 1. The van der Waals surface area contributed by atoms with Crippen LogP contribution in [0.4, 0.5) is 0 Å². The summed E-state index contributed by atoms with van der Waals surface area (Å²) in [5, 5.41) is 0. The number of hydrogen-bond acceptors (Lipinski definition) is 3. The van der Waals surface area contributed by atoms with Crippen molar-refractivity contribution in [3.63, 3.8) is 0 Å². The van der Waals surface area contributed by atoms with E-state index < -0.39 is 0 Å². The first-order valence-corrected chi connectivity index (χ1v) is 7.40. The summed E-state index contributed by atoms with van der Waals surface area (Å²) >= 11 is 3.39. The molecule has 0 radical (unpaired) electrons. The summed E-state index contributed by atoms with van der Waals surface area (Å²) in [7, 11) is 0. The molecular formula is C16H14BrNO2. The standard InChI is InChI=1S/C16H14BrNO2/c17-13-6-11(8-18-9-13)10-20-14-4-5-15-12(7-14)2-1-3-16(15)19/h4-9H,1-3,10H2. The average molecular weight is 332 g/mol. The van der Waals surface area contributed by atoms with E-state index in [1.165, 1.54) is 0 Å². The number of benzene rings is 1. The molecule has 1 heterocycles. The van der Waals surface area contributed by atoms with Crippen LogP contribution < -0.4 is 4.74 Å². The molecule has 0 saturated carbocycles. The summed E-state index contributed by atoms with van der Waals surface area (Å²) in [5.41, 5.74) is 2.96. The van der Waals surface area contributed by atoms with E-state index in [1.54, 1.807) is 12.4 Å². The highest BCUT2D eigenvalue weighted by Crippen LogP contribution is 2.26. The number of aryl methyl sites for hydroxylation is 1. The molecule has 3 rings (SSSR count). The molecule has 0 amide bonds. The van der Waals surface area contributed by atoms with Crippen LogP contribution >= 0.6 is 15.9 Å². The van der Waals surface area contributed by atoms with Gasteiger partial charge in [0.15, 0.2) is 5.78 Å². The number of carbonyl (C=O) groups excluding carboxylic acids is 1. The minimum absolute atomic E-state index is 0.244. The van der Waals surface area contributed by atoms with Gasteiger partial charge in [-0.1, -0.05) is 0 Å². The van der Waals surface area contributed by atoms with Gasteiger partial charge in [-0.25, -0.2) is 0 Å². The van der Waals surface area contributed by atoms with Gasteiger partial charge < -0.3 is 4.74 Å². The molecule has 0 N–H and O–H groups in total. The molecule has 0 unspecified atom stereocenters. The Bertz CT molecular complexity index is 655. The number of nitrogens with zero attached hydrogens (tertiary/aromatic N) is 1. The fourth-order valence-electron chi connectivity index (χ4n) is 2.41. The molecule has 3 nitrogen and oxygen atoms in total. The van der Waals surface area contributed by atoms with E-state index in [-0.39, 0.29) is 5.78 Å². The Hall–Kier alpha value is -1.68. The summed E-state index contributed by atoms with van der Waals surface area (Å²) in [6.45, 7) is 0.471. The molecule has 4 heteroatoms. The maximum atomic E-state index is 11.8. The Morgan fingerprint density at radius 2 is 2.10 bits per heavy atom. The summed E-state index contributed by atoms with van der Waals surface area (Å²) < 4.78 is 6.72. The first-order chi connectivity index (χ1) is 9.72. The van der Waals surface area contributed by atoms with Crippen LogP contribution in [0.15, 0.2) is 41.1 Å². The van der Waals surface area contributed by atoms with Crippen molar-refractivity contribution in [1.82, 2.24) is 4.98 Å². The molecule has 1 aromatic heterocycles. The lowest BCUT2D eigenvalue weighted by atomic mass is 9.90. The van der Waals surface area contributed by atoms with Crippen molar-refractivity contribution in [2.45, 2.75) is 25.9 Å². The molecule has 0 spiro atoms. The Balaban J connectivity index is 1.74. The van der Waals surface area contributed by atoms with E-state index in [1.807, 2.05) is 24.3 Å². The van der Waals surface area contributed by atoms with Crippen LogP contribution in [-0.4, -0.2) is 10.8 Å². The van der Waals surface area contributed by atoms with Crippen LogP contribution in [0.5, 0.6) is 5.75 Å². The topological polar surface area (TPSA) is 39.2 Å². The van der Waals surface area contributed by atoms with Crippen molar-refractivity contribution >= 4 is 21.7 Å². The van der Waals surface area contributed by atoms with Crippen molar-refractivity contribution in [2.75, 3.05) is 0 Å². The Morgan fingerprint density at radius 3 is 2.95 bits per heavy atom. The van der Waals surface area contributed by atoms with Crippen LogP contribution in [0.3, 0.4) is 0 Å². The predicted octanol–water partition coefficient (Wildman–Crippen LogP) is 3.94. The van der Waals surface area contributed by atoms with Gasteiger partial charge in [-0.2, -0.15) is 0 Å². The maximum absolute atomic E-state index is 11.8. The molecule has 0 fully saturated rings. The van der Waals surface area contributed by atoms with Crippen LogP contribution in [0, 0.1) is 0 Å². The number of pyridine rings is 1. The van der Waals surface area contributed by atoms with E-state index in [2.05, 4.69) is 20.9 Å². The van der Waals surface area contributed by atoms with E-state index in [0.29, 0.717) is 13.0 Å². The molecule has 0 atom stereocenters. The van der Waals surface area contributed by atoms with E-state index >= 15 is 0 Å². The van der Waals surface area contributed by atoms with Crippen LogP contribution in [-0.2, 0) is 13.0 Å². The molecule has 2 aromatic rings. The SMILES string of the molecule is O=C1CCCc2cc(OCc3cncc(Br)c3)ccc21. The highest BCUT2D eigenvalue weighted by molar-refractivity contribution is 9.10. The molecule has 0 saturated heterocycles. The molecule has 0 aliphatic heterocycles. The van der Waals surface area contributed by atoms with Gasteiger partial charge in [-0.05, 0) is 58.6 Å². The van der Waals surface area contributed by atoms with Crippen LogP contribution in [0.25, 0.3) is 0 Å². The second-order valence-corrected chi connectivity index (χ2v) is 5.81. The minimum Gasteiger partial charge on any atom is -0.489 e. The minimum atomic E-state index is 0.244. The zero-order valence-corrected chi connectivity index (χ0v) is 12.5. The summed E-state index contributed by atoms with van der Waals surface area (Å²) in [4.78, 5) is 15.9. The Kier molecular flexibility index (Phi) is 3.83. The molecule has 1 aliphatic rings. The molecule has 0 bridgehead atoms. The lowest BCUT2D eigenvalue weighted by Gasteiger charge is -2.16. The summed E-state index contributed by atoms with van der Waals surface area (Å²) in [5.74, 6) is 1.05. The number of carbonyl (C=O) groups is 1. The zero-order chi connectivity index (χ0) is 13.9. The number of hydrogen-bond donors (Lipinski definition) is 0. The quantitative estimate of drug-likeness (QED) is 0.855. The first kappa shape index (κ1) is 13.3. The van der Waals surface area contributed by atoms with Crippen LogP contribution in [0.2, 0.25) is 0 Å². The van der Waals surface area contributed by atoms with Crippen molar-refractivity contribution in [3.8, 4) is 5.75 Å². The van der Waals surface area contributed by atoms with Gasteiger partial charge >= 0.3 is 0 Å². The van der Waals surface area contributed by atoms with Crippen LogP contribution in [0.1, 0.15) is 34.3 Å². The summed E-state index contributed by atoms with van der Waals surface area (Å²) in [6, 6.07) is 7.71. The molecule has 1 aromatic carbocycles. The van der Waals surface area contributed by atoms with Gasteiger partial charge in [0.05, 0.1) is 0 Å². The fourth-order valence-corrected chi connectivity index (χ4v) is 2.83. The first-order valence-electron chi connectivity index (χ1n) is 6.61. The zero-order valence-electron chi connectivity index (χ0n) is 10.9. The Morgan fingerprint density at radius 1 is 1.20 bits per heavy atom. The number of rotatable bonds is 3. The van der Waals surface area contributed by atoms with Gasteiger partial charge in [-0.15, -0.1) is 0 Å². The van der Waals surface area contributed by atoms with Crippen molar-refractivity contribution in [2.24, 2.45) is 0 Å². The van der Waals surface area contributed by atoms with E-state index in [4.69, 9.17) is 4.74 Å². The van der Waals surface area contributed by atoms with Crippen molar-refractivity contribution < 1.29 is 9.53 Å². The lowest BCUT2D eigenvalue weighted by Crippen LogP contribution is -2.10. The van der Waals surface area contributed by atoms with Gasteiger partial charge in [-0.3, -0.25) is 9.78 Å². The number of ether oxygens (including phenoxy) is 1. The highest BCUT2D eigenvalue weighted by Gasteiger charge is 2.17. The number of aromatic nitrogens is 1. The fraction of sp³-hybridized carbons (Fsp3) is 0.250. The Labute approximate surface area is 126 Å². The predicted molar refractivity (Wildman–Crippen MR) is 80.0 cm³/mol. The third-order valence-corrected chi connectivity index (χ3v) is 3.83. The molecule has 1 aliphatic carbocycles. The van der Waals surface area contributed by atoms with E-state index in [0.717, 1.165) is 39.8 Å². The van der Waals surface area contributed by atoms with E-state index in [9.17, 15) is 4.79 Å². The number of fused-ring (bicyclic) bond motifs is 1. The normalized spacial score (nSPS) is 13.9. The highest BCUT2D eigenvalue weighted by atomic mass is 79.9. The van der Waals surface area contributed by atoms with Gasteiger partial charge in [0.2, 0.25) is 0 Å². The largest absolute Gasteiger partial charge is 0.489 e. The van der Waals surface area contributed by atoms with Crippen molar-refractivity contribution in [3.05, 3.63) is 57.8 Å². The molecule has 102 valence electrons. The monoisotopic (exact) mass is 331 g/mol. The lowest BCUT2D eigenvalue weighted by molar-refractivity contribution is 0.0972. The number of Topliss-reactive ketones (excluding diaryl/α,β-unsaturated/α-hetero) is 1. The smallest absolute Gasteiger partial charge is 0.163 e. The molecule has 20 heavy (non-hydrogen) atoms. The van der Waals surface area contributed by atoms with Gasteiger partial charge in [0, 0.05) is 34.4 Å². The van der Waals surface area contributed by atoms with Crippen molar-refractivity contribution in [1.29, 1.82) is 0 Å². The molecular weight excluding hydrogens is 318 g/mol. The second-order valence-electron chi connectivity index (χ2n) is 4.90. The van der Waals surface area contributed by atoms with Gasteiger partial charge in [0.25, 0.3) is 0 Å². The second kappa shape index (κ2) is 5.75. The third-order valence-electron chi connectivity index (χ3n) is 3.39. The summed E-state index contributed by atoms with van der Waals surface area (Å²) in [6.07, 6.45) is 6.08.